The van der Waals surface area contributed by atoms with Crippen molar-refractivity contribution in [1.82, 2.24) is 4.57 Å². The minimum Gasteiger partial charge on any atom is -0.309 e. The van der Waals surface area contributed by atoms with E-state index in [0.717, 1.165) is 10.2 Å². The Morgan fingerprint density at radius 2 is 1.08 bits per heavy atom. The van der Waals surface area contributed by atoms with Gasteiger partial charge in [0.15, 0.2) is 0 Å². The zero-order valence-corrected chi connectivity index (χ0v) is 22.8. The Morgan fingerprint density at radius 1 is 0.462 bits per heavy atom. The van der Waals surface area contributed by atoms with Crippen LogP contribution in [0.25, 0.3) is 38.6 Å². The summed E-state index contributed by atoms with van der Waals surface area (Å²) in [5, 5.41) is 2.51. The fourth-order valence-corrected chi connectivity index (χ4v) is 7.14. The lowest BCUT2D eigenvalue weighted by Gasteiger charge is -2.34. The highest BCUT2D eigenvalue weighted by Gasteiger charge is 2.45. The van der Waals surface area contributed by atoms with Crippen molar-refractivity contribution in [3.05, 3.63) is 172 Å². The molecular weight excluding hydrogens is 538 g/mol. The average molecular weight is 563 g/mol. The maximum atomic E-state index is 3.73. The summed E-state index contributed by atoms with van der Waals surface area (Å²) in [4.78, 5) is 0. The molecule has 0 saturated heterocycles. The van der Waals surface area contributed by atoms with Crippen LogP contribution in [-0.2, 0) is 5.41 Å². The van der Waals surface area contributed by atoms with Crippen molar-refractivity contribution in [3.63, 3.8) is 0 Å². The lowest BCUT2D eigenvalue weighted by atomic mass is 9.67. The summed E-state index contributed by atoms with van der Waals surface area (Å²) in [5.41, 5.74) is 11.0. The third-order valence-corrected chi connectivity index (χ3v) is 8.83. The number of halogens is 1. The van der Waals surface area contributed by atoms with Crippen molar-refractivity contribution in [2.45, 2.75) is 5.41 Å². The van der Waals surface area contributed by atoms with E-state index in [9.17, 15) is 0 Å². The number of rotatable bonds is 3. The van der Waals surface area contributed by atoms with Gasteiger partial charge in [0.1, 0.15) is 0 Å². The monoisotopic (exact) mass is 561 g/mol. The van der Waals surface area contributed by atoms with Gasteiger partial charge in [0.25, 0.3) is 0 Å². The van der Waals surface area contributed by atoms with Gasteiger partial charge < -0.3 is 4.57 Å². The van der Waals surface area contributed by atoms with Crippen molar-refractivity contribution in [2.75, 3.05) is 0 Å². The Labute approximate surface area is 236 Å². The number of fused-ring (bicyclic) bond motifs is 6. The van der Waals surface area contributed by atoms with E-state index < -0.39 is 5.41 Å². The molecule has 0 spiro atoms. The van der Waals surface area contributed by atoms with Gasteiger partial charge in [0.05, 0.1) is 16.4 Å². The Kier molecular flexibility index (Phi) is 4.95. The summed E-state index contributed by atoms with van der Waals surface area (Å²) in [5.74, 6) is 0. The number of aromatic nitrogens is 1. The Bertz CT molecular complexity index is 1970. The van der Waals surface area contributed by atoms with E-state index >= 15 is 0 Å². The molecule has 0 saturated carbocycles. The highest BCUT2D eigenvalue weighted by Crippen LogP contribution is 2.56. The number of hydrogen-bond donors (Lipinski definition) is 0. The van der Waals surface area contributed by atoms with Crippen LogP contribution >= 0.6 is 15.9 Å². The van der Waals surface area contributed by atoms with E-state index in [-0.39, 0.29) is 0 Å². The first kappa shape index (κ1) is 22.6. The quantitative estimate of drug-likeness (QED) is 0.202. The van der Waals surface area contributed by atoms with Crippen LogP contribution in [0, 0.1) is 0 Å². The SMILES string of the molecule is Brc1ccc2c3cc(C4(c5ccccc5)c5ccccc5-c5ccccc54)ccc3n(-c3ccccc3)c2c1. The lowest BCUT2D eigenvalue weighted by molar-refractivity contribution is 0.770. The molecule has 0 radical (unpaired) electrons. The molecule has 0 atom stereocenters. The number of benzene rings is 6. The maximum Gasteiger partial charge on any atom is 0.0713 e. The fraction of sp³-hybridized carbons (Fsp3) is 0.0270. The zero-order chi connectivity index (χ0) is 26.0. The molecule has 1 aliphatic rings. The number of hydrogen-bond acceptors (Lipinski definition) is 0. The predicted octanol–water partition coefficient (Wildman–Crippen LogP) is 9.91. The summed E-state index contributed by atoms with van der Waals surface area (Å²) in [6, 6.07) is 53.3. The highest BCUT2D eigenvalue weighted by molar-refractivity contribution is 9.10. The molecule has 0 N–H and O–H groups in total. The van der Waals surface area contributed by atoms with Gasteiger partial charge in [-0.25, -0.2) is 0 Å². The van der Waals surface area contributed by atoms with E-state index in [4.69, 9.17) is 0 Å². The summed E-state index contributed by atoms with van der Waals surface area (Å²) < 4.78 is 3.46. The molecule has 1 nitrogen and oxygen atoms in total. The van der Waals surface area contributed by atoms with Gasteiger partial charge in [0.2, 0.25) is 0 Å². The van der Waals surface area contributed by atoms with Crippen LogP contribution in [0.1, 0.15) is 22.3 Å². The van der Waals surface area contributed by atoms with E-state index in [1.54, 1.807) is 0 Å². The number of para-hydroxylation sites is 1. The summed E-state index contributed by atoms with van der Waals surface area (Å²) in [7, 11) is 0. The second kappa shape index (κ2) is 8.56. The molecule has 2 heteroatoms. The molecule has 0 unspecified atom stereocenters. The zero-order valence-electron chi connectivity index (χ0n) is 21.2. The van der Waals surface area contributed by atoms with Gasteiger partial charge >= 0.3 is 0 Å². The molecule has 8 rings (SSSR count). The molecule has 39 heavy (non-hydrogen) atoms. The van der Waals surface area contributed by atoms with Gasteiger partial charge in [-0.2, -0.15) is 0 Å². The van der Waals surface area contributed by atoms with Crippen molar-refractivity contribution in [1.29, 1.82) is 0 Å². The molecule has 0 bridgehead atoms. The molecule has 7 aromatic rings. The molecule has 0 fully saturated rings. The fourth-order valence-electron chi connectivity index (χ4n) is 6.79. The molecule has 0 amide bonds. The minimum atomic E-state index is -0.404. The third kappa shape index (κ3) is 3.13. The molecular formula is C37H24BrN. The van der Waals surface area contributed by atoms with Gasteiger partial charge in [-0.15, -0.1) is 0 Å². The second-order valence-corrected chi connectivity index (χ2v) is 11.2. The van der Waals surface area contributed by atoms with Crippen LogP contribution in [0.3, 0.4) is 0 Å². The molecule has 6 aromatic carbocycles. The smallest absolute Gasteiger partial charge is 0.0713 e. The maximum absolute atomic E-state index is 3.73. The topological polar surface area (TPSA) is 4.93 Å². The van der Waals surface area contributed by atoms with E-state index in [1.807, 2.05) is 0 Å². The van der Waals surface area contributed by atoms with E-state index in [1.165, 1.54) is 55.2 Å². The Balaban J connectivity index is 1.51. The van der Waals surface area contributed by atoms with Gasteiger partial charge in [-0.05, 0) is 69.8 Å². The van der Waals surface area contributed by atoms with Gasteiger partial charge in [0, 0.05) is 20.9 Å². The Hall–Kier alpha value is -4.40. The van der Waals surface area contributed by atoms with Crippen LogP contribution in [0.15, 0.2) is 150 Å². The molecule has 1 heterocycles. The molecule has 1 aromatic heterocycles. The summed E-state index contributed by atoms with van der Waals surface area (Å²) >= 11 is 3.73. The van der Waals surface area contributed by atoms with Gasteiger partial charge in [-0.3, -0.25) is 0 Å². The molecule has 0 aliphatic heterocycles. The standard InChI is InChI=1S/C37H24BrN/c38-27-20-21-31-32-23-26(19-22-35(32)39(36(31)24-27)28-13-5-2-6-14-28)37(25-11-3-1-4-12-25)33-17-9-7-15-29(33)30-16-8-10-18-34(30)37/h1-24H. The summed E-state index contributed by atoms with van der Waals surface area (Å²) in [6.45, 7) is 0. The van der Waals surface area contributed by atoms with Crippen LogP contribution < -0.4 is 0 Å². The van der Waals surface area contributed by atoms with Crippen molar-refractivity contribution >= 4 is 37.7 Å². The van der Waals surface area contributed by atoms with E-state index in [0.29, 0.717) is 0 Å². The minimum absolute atomic E-state index is 0.404. The molecule has 1 aliphatic carbocycles. The van der Waals surface area contributed by atoms with Crippen LogP contribution in [0.2, 0.25) is 0 Å². The second-order valence-electron chi connectivity index (χ2n) is 10.3. The van der Waals surface area contributed by atoms with E-state index in [2.05, 4.69) is 166 Å². The first-order chi connectivity index (χ1) is 19.3. The lowest BCUT2D eigenvalue weighted by Crippen LogP contribution is -2.28. The van der Waals surface area contributed by atoms with Crippen molar-refractivity contribution in [2.24, 2.45) is 0 Å². The number of nitrogens with zero attached hydrogens (tertiary/aromatic N) is 1. The van der Waals surface area contributed by atoms with Crippen LogP contribution in [0.4, 0.5) is 0 Å². The van der Waals surface area contributed by atoms with Crippen LogP contribution in [0.5, 0.6) is 0 Å². The summed E-state index contributed by atoms with van der Waals surface area (Å²) in [6.07, 6.45) is 0. The predicted molar refractivity (Wildman–Crippen MR) is 166 cm³/mol. The largest absolute Gasteiger partial charge is 0.309 e. The average Bonchev–Trinajstić information content (AvgIpc) is 3.48. The molecule has 184 valence electrons. The highest BCUT2D eigenvalue weighted by atomic mass is 79.9. The first-order valence-electron chi connectivity index (χ1n) is 13.3. The van der Waals surface area contributed by atoms with Crippen molar-refractivity contribution < 1.29 is 0 Å². The normalized spacial score (nSPS) is 13.5. The Morgan fingerprint density at radius 3 is 1.77 bits per heavy atom. The van der Waals surface area contributed by atoms with Crippen molar-refractivity contribution in [3.8, 4) is 16.8 Å². The first-order valence-corrected chi connectivity index (χ1v) is 14.1. The van der Waals surface area contributed by atoms with Crippen LogP contribution in [-0.4, -0.2) is 4.57 Å². The van der Waals surface area contributed by atoms with Gasteiger partial charge in [-0.1, -0.05) is 125 Å². The third-order valence-electron chi connectivity index (χ3n) is 8.33.